The molecule has 0 bridgehead atoms. The Balaban J connectivity index is 2.22. The molecule has 0 unspecified atom stereocenters. The SMILES string of the molecule is Cc1[nH]oc(=O)c1N=Nc1ccc(C(C)C)cc1. The Labute approximate surface area is 105 Å². The van der Waals surface area contributed by atoms with Crippen LogP contribution >= 0.6 is 0 Å². The molecular weight excluding hydrogens is 230 g/mol. The van der Waals surface area contributed by atoms with Gasteiger partial charge in [-0.1, -0.05) is 26.0 Å². The van der Waals surface area contributed by atoms with Gasteiger partial charge in [0.1, 0.15) is 0 Å². The molecule has 0 aliphatic rings. The summed E-state index contributed by atoms with van der Waals surface area (Å²) in [6.45, 7) is 5.97. The number of rotatable bonds is 3. The van der Waals surface area contributed by atoms with Crippen molar-refractivity contribution in [1.29, 1.82) is 0 Å². The second-order valence-corrected chi connectivity index (χ2v) is 4.41. The second-order valence-electron chi connectivity index (χ2n) is 4.41. The number of hydrogen-bond acceptors (Lipinski definition) is 4. The number of aryl methyl sites for hydroxylation is 1. The summed E-state index contributed by atoms with van der Waals surface area (Å²) in [4.78, 5) is 11.3. The highest BCUT2D eigenvalue weighted by Gasteiger charge is 2.06. The van der Waals surface area contributed by atoms with Crippen LogP contribution in [-0.2, 0) is 0 Å². The molecule has 0 radical (unpaired) electrons. The van der Waals surface area contributed by atoms with E-state index in [1.165, 1.54) is 5.56 Å². The van der Waals surface area contributed by atoms with Gasteiger partial charge in [-0.15, -0.1) is 5.11 Å². The molecule has 1 N–H and O–H groups in total. The molecule has 0 atom stereocenters. The van der Waals surface area contributed by atoms with Crippen LogP contribution in [-0.4, -0.2) is 5.16 Å². The van der Waals surface area contributed by atoms with E-state index in [-0.39, 0.29) is 5.69 Å². The maximum absolute atomic E-state index is 11.3. The Bertz CT molecular complexity index is 606. The zero-order valence-corrected chi connectivity index (χ0v) is 10.6. The minimum atomic E-state index is -0.505. The van der Waals surface area contributed by atoms with Crippen LogP contribution in [0.5, 0.6) is 0 Å². The molecule has 5 nitrogen and oxygen atoms in total. The summed E-state index contributed by atoms with van der Waals surface area (Å²) in [5.74, 6) is 0.481. The molecule has 2 aromatic rings. The highest BCUT2D eigenvalue weighted by molar-refractivity contribution is 5.41. The van der Waals surface area contributed by atoms with E-state index in [2.05, 4.69) is 33.8 Å². The third kappa shape index (κ3) is 2.56. The molecule has 0 saturated heterocycles. The Morgan fingerprint density at radius 1 is 1.17 bits per heavy atom. The molecule has 0 aliphatic heterocycles. The first kappa shape index (κ1) is 12.3. The number of aromatic amines is 1. The van der Waals surface area contributed by atoms with Crippen LogP contribution in [0.2, 0.25) is 0 Å². The van der Waals surface area contributed by atoms with Crippen LogP contribution in [0.25, 0.3) is 0 Å². The first-order chi connectivity index (χ1) is 8.58. The van der Waals surface area contributed by atoms with Crippen LogP contribution in [0, 0.1) is 6.92 Å². The summed E-state index contributed by atoms with van der Waals surface area (Å²) in [5.41, 5.74) is 2.23. The number of nitrogens with one attached hydrogen (secondary N) is 1. The lowest BCUT2D eigenvalue weighted by molar-refractivity contribution is 0.388. The van der Waals surface area contributed by atoms with Crippen LogP contribution < -0.4 is 5.63 Å². The summed E-state index contributed by atoms with van der Waals surface area (Å²) in [5, 5.41) is 10.4. The summed E-state index contributed by atoms with van der Waals surface area (Å²) < 4.78 is 4.60. The van der Waals surface area contributed by atoms with Gasteiger partial charge in [-0.05, 0) is 30.5 Å². The molecule has 1 aromatic carbocycles. The van der Waals surface area contributed by atoms with E-state index in [9.17, 15) is 4.79 Å². The maximum atomic E-state index is 11.3. The quantitative estimate of drug-likeness (QED) is 0.835. The van der Waals surface area contributed by atoms with Gasteiger partial charge in [0.15, 0.2) is 5.69 Å². The van der Waals surface area contributed by atoms with Crippen molar-refractivity contribution < 1.29 is 4.52 Å². The normalized spacial score (nSPS) is 11.6. The third-order valence-corrected chi connectivity index (χ3v) is 2.67. The van der Waals surface area contributed by atoms with Gasteiger partial charge in [-0.3, -0.25) is 0 Å². The van der Waals surface area contributed by atoms with Crippen molar-refractivity contribution in [2.45, 2.75) is 26.7 Å². The van der Waals surface area contributed by atoms with Crippen molar-refractivity contribution in [2.24, 2.45) is 10.2 Å². The Morgan fingerprint density at radius 2 is 1.83 bits per heavy atom. The summed E-state index contributed by atoms with van der Waals surface area (Å²) in [6.07, 6.45) is 0. The molecule has 1 aromatic heterocycles. The first-order valence-electron chi connectivity index (χ1n) is 5.77. The Kier molecular flexibility index (Phi) is 3.41. The molecule has 2 rings (SSSR count). The Hall–Kier alpha value is -2.17. The summed E-state index contributed by atoms with van der Waals surface area (Å²) in [6, 6.07) is 7.77. The van der Waals surface area contributed by atoms with E-state index in [0.717, 1.165) is 0 Å². The van der Waals surface area contributed by atoms with Crippen molar-refractivity contribution >= 4 is 11.4 Å². The number of H-pyrrole nitrogens is 1. The predicted molar refractivity (Wildman–Crippen MR) is 68.8 cm³/mol. The highest BCUT2D eigenvalue weighted by Crippen LogP contribution is 2.21. The third-order valence-electron chi connectivity index (χ3n) is 2.67. The van der Waals surface area contributed by atoms with Gasteiger partial charge in [-0.25, -0.2) is 9.95 Å². The topological polar surface area (TPSA) is 70.7 Å². The monoisotopic (exact) mass is 245 g/mol. The van der Waals surface area contributed by atoms with E-state index in [4.69, 9.17) is 0 Å². The molecule has 0 spiro atoms. The molecule has 18 heavy (non-hydrogen) atoms. The average Bonchev–Trinajstić information content (AvgIpc) is 2.67. The van der Waals surface area contributed by atoms with Crippen LogP contribution in [0.4, 0.5) is 11.4 Å². The number of nitrogens with zero attached hydrogens (tertiary/aromatic N) is 2. The second kappa shape index (κ2) is 5.00. The van der Waals surface area contributed by atoms with Crippen LogP contribution in [0.3, 0.4) is 0 Å². The van der Waals surface area contributed by atoms with Gasteiger partial charge < -0.3 is 4.52 Å². The van der Waals surface area contributed by atoms with E-state index in [1.807, 2.05) is 24.3 Å². The van der Waals surface area contributed by atoms with Gasteiger partial charge in [0.25, 0.3) is 0 Å². The molecule has 0 amide bonds. The van der Waals surface area contributed by atoms with Crippen molar-refractivity contribution in [1.82, 2.24) is 5.16 Å². The van der Waals surface area contributed by atoms with Crippen LogP contribution in [0.1, 0.15) is 31.0 Å². The molecule has 0 saturated carbocycles. The summed E-state index contributed by atoms with van der Waals surface area (Å²) in [7, 11) is 0. The van der Waals surface area contributed by atoms with Gasteiger partial charge >= 0.3 is 5.63 Å². The molecule has 5 heteroatoms. The first-order valence-corrected chi connectivity index (χ1v) is 5.77. The van der Waals surface area contributed by atoms with E-state index >= 15 is 0 Å². The van der Waals surface area contributed by atoms with Gasteiger partial charge in [0, 0.05) is 0 Å². The number of aromatic nitrogens is 1. The van der Waals surface area contributed by atoms with Gasteiger partial charge in [-0.2, -0.15) is 5.11 Å². The standard InChI is InChI=1S/C13H15N3O2/c1-8(2)10-4-6-11(7-5-10)14-15-12-9(3)16-18-13(12)17/h4-8,16H,1-3H3. The minimum Gasteiger partial charge on any atom is -0.336 e. The van der Waals surface area contributed by atoms with Crippen molar-refractivity contribution in [3.8, 4) is 0 Å². The Morgan fingerprint density at radius 3 is 2.33 bits per heavy atom. The lowest BCUT2D eigenvalue weighted by Crippen LogP contribution is -1.89. The van der Waals surface area contributed by atoms with E-state index in [0.29, 0.717) is 17.3 Å². The van der Waals surface area contributed by atoms with E-state index < -0.39 is 5.63 Å². The molecular formula is C13H15N3O2. The largest absolute Gasteiger partial charge is 0.384 e. The molecule has 94 valence electrons. The fraction of sp³-hybridized carbons (Fsp3) is 0.308. The van der Waals surface area contributed by atoms with Gasteiger partial charge in [0.2, 0.25) is 0 Å². The van der Waals surface area contributed by atoms with Crippen molar-refractivity contribution in [3.63, 3.8) is 0 Å². The van der Waals surface area contributed by atoms with E-state index in [1.54, 1.807) is 6.92 Å². The highest BCUT2D eigenvalue weighted by atomic mass is 16.5. The number of azo groups is 1. The van der Waals surface area contributed by atoms with Crippen molar-refractivity contribution in [2.75, 3.05) is 0 Å². The average molecular weight is 245 g/mol. The number of benzene rings is 1. The smallest absolute Gasteiger partial charge is 0.336 e. The maximum Gasteiger partial charge on any atom is 0.384 e. The fourth-order valence-electron chi connectivity index (χ4n) is 1.52. The predicted octanol–water partition coefficient (Wildman–Crippen LogP) is 3.82. The minimum absolute atomic E-state index is 0.211. The van der Waals surface area contributed by atoms with Crippen molar-refractivity contribution in [3.05, 3.63) is 45.9 Å². The van der Waals surface area contributed by atoms with Gasteiger partial charge in [0.05, 0.1) is 11.4 Å². The zero-order chi connectivity index (χ0) is 13.1. The lowest BCUT2D eigenvalue weighted by atomic mass is 10.0. The summed E-state index contributed by atoms with van der Waals surface area (Å²) >= 11 is 0. The zero-order valence-electron chi connectivity index (χ0n) is 10.6. The van der Waals surface area contributed by atoms with Crippen LogP contribution in [0.15, 0.2) is 43.8 Å². The molecule has 0 aliphatic carbocycles. The number of hydrogen-bond donors (Lipinski definition) is 1. The lowest BCUT2D eigenvalue weighted by Gasteiger charge is -2.03. The molecule has 1 heterocycles. The molecule has 0 fully saturated rings. The fourth-order valence-corrected chi connectivity index (χ4v) is 1.52.